The Morgan fingerprint density at radius 1 is 0.650 bits per heavy atom. The number of hydrogen-bond donors (Lipinski definition) is 0. The van der Waals surface area contributed by atoms with E-state index >= 15 is 0 Å². The fraction of sp³-hybridized carbons (Fsp3) is 0.0606. The molecule has 0 spiro atoms. The third-order valence-corrected chi connectivity index (χ3v) is 18.5. The molecule has 0 bridgehead atoms. The average molecular weight is 697 g/mol. The molecule has 0 atom stereocenters. The van der Waals surface area contributed by atoms with Crippen LogP contribution in [0.2, 0.25) is 0 Å². The second-order valence-corrected chi connectivity index (χ2v) is 19.7. The van der Waals surface area contributed by atoms with Crippen molar-refractivity contribution in [3.63, 3.8) is 0 Å². The molecule has 0 aliphatic carbocycles. The summed E-state index contributed by atoms with van der Waals surface area (Å²) < 4.78 is 10.8. The minimum atomic E-state index is -4.29. The molecule has 0 aliphatic heterocycles. The number of benzene rings is 5. The van der Waals surface area contributed by atoms with Crippen molar-refractivity contribution in [2.45, 2.75) is 0 Å². The van der Waals surface area contributed by atoms with E-state index in [9.17, 15) is 4.79 Å². The van der Waals surface area contributed by atoms with Crippen LogP contribution in [-0.2, 0) is 3.07 Å². The third-order valence-electron chi connectivity index (χ3n) is 6.62. The van der Waals surface area contributed by atoms with E-state index in [0.717, 1.165) is 20.9 Å². The summed E-state index contributed by atoms with van der Waals surface area (Å²) in [5.74, 6) is -0.413. The molecule has 0 heterocycles. The predicted octanol–water partition coefficient (Wildman–Crippen LogP) is 6.75. The van der Waals surface area contributed by atoms with Gasteiger partial charge in [-0.25, -0.2) is 0 Å². The average Bonchev–Trinajstić information content (AvgIpc) is 3.00. The van der Waals surface area contributed by atoms with Crippen molar-refractivity contribution in [3.8, 4) is 0 Å². The Morgan fingerprint density at radius 2 is 1.12 bits per heavy atom. The van der Waals surface area contributed by atoms with Crippen molar-refractivity contribution in [2.75, 3.05) is 19.0 Å². The summed E-state index contributed by atoms with van der Waals surface area (Å²) in [7, 11) is 3.96. The van der Waals surface area contributed by atoms with E-state index < -0.39 is 24.8 Å². The SMILES string of the molecule is CN(C)c1ccc(N=Nc2ccccc2C(=O)[O][Sn]([c]2ccccc2)([c]2ccccc2)[c]2ccccc2)c(Br)c1. The summed E-state index contributed by atoms with van der Waals surface area (Å²) in [5, 5.41) is 8.94. The van der Waals surface area contributed by atoms with Crippen molar-refractivity contribution in [1.82, 2.24) is 0 Å². The molecule has 5 aromatic rings. The Bertz CT molecular complexity index is 1530. The number of hydrogen-bond acceptors (Lipinski definition) is 5. The fourth-order valence-corrected chi connectivity index (χ4v) is 15.7. The van der Waals surface area contributed by atoms with Gasteiger partial charge in [0.2, 0.25) is 0 Å². The summed E-state index contributed by atoms with van der Waals surface area (Å²) in [5.41, 5.74) is 2.53. The number of azo groups is 1. The standard InChI is InChI=1S/C15H14BrN3O2.3C6H5.Sn/c1-19(2)10-7-8-14(12(16)9-10)18-17-13-6-4-3-5-11(13)15(20)21;3*1-2-4-6-5-3-1;/h3-9H,1-2H3,(H,20,21);3*1-5H;/q;;;;+1/p-1. The second kappa shape index (κ2) is 12.6. The predicted molar refractivity (Wildman–Crippen MR) is 168 cm³/mol. The van der Waals surface area contributed by atoms with Crippen molar-refractivity contribution in [3.05, 3.63) is 143 Å². The summed E-state index contributed by atoms with van der Waals surface area (Å²) in [6, 6.07) is 43.5. The molecule has 0 radical (unpaired) electrons. The van der Waals surface area contributed by atoms with Gasteiger partial charge in [-0.15, -0.1) is 0 Å². The minimum absolute atomic E-state index is 0.371. The molecule has 5 nitrogen and oxygen atoms in total. The van der Waals surface area contributed by atoms with Crippen LogP contribution in [0.3, 0.4) is 0 Å². The molecule has 5 rings (SSSR count). The van der Waals surface area contributed by atoms with Crippen LogP contribution in [0.15, 0.2) is 148 Å². The first kappa shape index (κ1) is 27.8. The van der Waals surface area contributed by atoms with E-state index in [1.807, 2.05) is 104 Å². The van der Waals surface area contributed by atoms with Crippen LogP contribution in [0.5, 0.6) is 0 Å². The molecule has 0 saturated heterocycles. The summed E-state index contributed by atoms with van der Waals surface area (Å²) in [6.07, 6.45) is 0. The molecular formula is C33H28BrN3O2Sn. The number of carbonyl (C=O) groups excluding carboxylic acids is 1. The van der Waals surface area contributed by atoms with Crippen molar-refractivity contribution >= 4 is 68.5 Å². The second-order valence-electron chi connectivity index (χ2n) is 9.42. The third kappa shape index (κ3) is 5.88. The molecule has 0 saturated carbocycles. The molecule has 7 heteroatoms. The summed E-state index contributed by atoms with van der Waals surface area (Å²) >= 11 is -0.702. The van der Waals surface area contributed by atoms with Gasteiger partial charge in [-0.3, -0.25) is 0 Å². The van der Waals surface area contributed by atoms with E-state index in [4.69, 9.17) is 3.07 Å². The van der Waals surface area contributed by atoms with E-state index in [-0.39, 0.29) is 0 Å². The van der Waals surface area contributed by atoms with Crippen LogP contribution in [0.25, 0.3) is 0 Å². The molecule has 0 unspecified atom stereocenters. The molecule has 0 amide bonds. The first-order valence-electron chi connectivity index (χ1n) is 12.9. The Morgan fingerprint density at radius 3 is 1.62 bits per heavy atom. The first-order chi connectivity index (χ1) is 19.5. The molecule has 198 valence electrons. The van der Waals surface area contributed by atoms with Gasteiger partial charge in [-0.2, -0.15) is 0 Å². The zero-order chi connectivity index (χ0) is 28.0. The quantitative estimate of drug-likeness (QED) is 0.133. The molecule has 40 heavy (non-hydrogen) atoms. The van der Waals surface area contributed by atoms with Gasteiger partial charge in [0.15, 0.2) is 0 Å². The van der Waals surface area contributed by atoms with Gasteiger partial charge in [-0.05, 0) is 0 Å². The van der Waals surface area contributed by atoms with Crippen molar-refractivity contribution in [1.29, 1.82) is 0 Å². The van der Waals surface area contributed by atoms with Crippen molar-refractivity contribution < 1.29 is 7.87 Å². The van der Waals surface area contributed by atoms with Crippen LogP contribution in [-0.4, -0.2) is 38.9 Å². The number of carbonyl (C=O) groups is 1. The summed E-state index contributed by atoms with van der Waals surface area (Å²) in [4.78, 5) is 16.1. The van der Waals surface area contributed by atoms with Gasteiger partial charge in [0, 0.05) is 0 Å². The molecule has 5 aromatic carbocycles. The maximum atomic E-state index is 14.1. The van der Waals surface area contributed by atoms with E-state index in [1.165, 1.54) is 0 Å². The first-order valence-corrected chi connectivity index (χ1v) is 19.1. The van der Waals surface area contributed by atoms with Gasteiger partial charge in [-0.1, -0.05) is 0 Å². The summed E-state index contributed by atoms with van der Waals surface area (Å²) in [6.45, 7) is 0. The topological polar surface area (TPSA) is 54.3 Å². The van der Waals surface area contributed by atoms with E-state index in [2.05, 4.69) is 62.6 Å². The molecule has 0 N–H and O–H groups in total. The van der Waals surface area contributed by atoms with Gasteiger partial charge in [0.1, 0.15) is 0 Å². The Balaban J connectivity index is 1.58. The van der Waals surface area contributed by atoms with Gasteiger partial charge >= 0.3 is 249 Å². The number of halogens is 1. The molecular weight excluding hydrogens is 669 g/mol. The maximum absolute atomic E-state index is 14.1. The van der Waals surface area contributed by atoms with Crippen LogP contribution in [0, 0.1) is 0 Å². The Hall–Kier alpha value is -3.75. The van der Waals surface area contributed by atoms with Crippen LogP contribution in [0.1, 0.15) is 10.4 Å². The number of rotatable bonds is 8. The van der Waals surface area contributed by atoms with Gasteiger partial charge in [0.25, 0.3) is 0 Å². The normalized spacial score (nSPS) is 11.4. The van der Waals surface area contributed by atoms with Crippen LogP contribution >= 0.6 is 15.9 Å². The molecule has 0 fully saturated rings. The zero-order valence-corrected chi connectivity index (χ0v) is 26.7. The molecule has 0 aliphatic rings. The Kier molecular flexibility index (Phi) is 8.77. The van der Waals surface area contributed by atoms with E-state index in [0.29, 0.717) is 16.9 Å². The van der Waals surface area contributed by atoms with E-state index in [1.54, 1.807) is 12.1 Å². The Labute approximate surface area is 247 Å². The van der Waals surface area contributed by atoms with Crippen molar-refractivity contribution in [2.24, 2.45) is 10.2 Å². The number of anilines is 1. The van der Waals surface area contributed by atoms with Crippen LogP contribution in [0.4, 0.5) is 17.1 Å². The monoisotopic (exact) mass is 697 g/mol. The van der Waals surface area contributed by atoms with Gasteiger partial charge < -0.3 is 0 Å². The zero-order valence-electron chi connectivity index (χ0n) is 22.2. The van der Waals surface area contributed by atoms with Crippen LogP contribution < -0.4 is 15.6 Å². The number of nitrogens with zero attached hydrogens (tertiary/aromatic N) is 3. The van der Waals surface area contributed by atoms with Gasteiger partial charge in [0.05, 0.1) is 0 Å². The molecule has 0 aromatic heterocycles. The fourth-order valence-electron chi connectivity index (χ4n) is 4.59.